The van der Waals surface area contributed by atoms with Crippen LogP contribution in [0.5, 0.6) is 0 Å². The number of Topliss-reactive ketones (excluding diaryl/α,β-unsaturated/α-hetero) is 1. The minimum Gasteiger partial charge on any atom is -0.352 e. The zero-order valence-electron chi connectivity index (χ0n) is 12.2. The van der Waals surface area contributed by atoms with Gasteiger partial charge in [-0.1, -0.05) is 52.0 Å². The predicted octanol–water partition coefficient (Wildman–Crippen LogP) is 3.19. The van der Waals surface area contributed by atoms with Crippen molar-refractivity contribution in [3.8, 4) is 0 Å². The minimum atomic E-state index is 0.0107. The molecule has 1 rings (SSSR count). The Bertz CT molecular complexity index is 433. The lowest BCUT2D eigenvalue weighted by Gasteiger charge is -2.08. The first-order chi connectivity index (χ1) is 8.90. The van der Waals surface area contributed by atoms with E-state index in [-0.39, 0.29) is 17.6 Å². The van der Waals surface area contributed by atoms with Gasteiger partial charge in [0.2, 0.25) is 5.91 Å². The molecule has 0 saturated heterocycles. The largest absolute Gasteiger partial charge is 0.352 e. The number of rotatable bonds is 6. The number of hydrogen-bond donors (Lipinski definition) is 1. The van der Waals surface area contributed by atoms with Crippen molar-refractivity contribution in [1.29, 1.82) is 0 Å². The van der Waals surface area contributed by atoms with Crippen LogP contribution in [0.3, 0.4) is 0 Å². The van der Waals surface area contributed by atoms with Crippen molar-refractivity contribution in [2.75, 3.05) is 0 Å². The Labute approximate surface area is 115 Å². The van der Waals surface area contributed by atoms with Crippen LogP contribution < -0.4 is 5.32 Å². The molecule has 0 aliphatic heterocycles. The molecule has 0 atom stereocenters. The van der Waals surface area contributed by atoms with E-state index in [0.29, 0.717) is 18.9 Å². The van der Waals surface area contributed by atoms with E-state index in [2.05, 4.69) is 5.32 Å². The van der Waals surface area contributed by atoms with Gasteiger partial charge >= 0.3 is 0 Å². The van der Waals surface area contributed by atoms with Crippen molar-refractivity contribution >= 4 is 11.7 Å². The number of benzene rings is 1. The fraction of sp³-hybridized carbons (Fsp3) is 0.500. The Morgan fingerprint density at radius 1 is 1.05 bits per heavy atom. The van der Waals surface area contributed by atoms with Crippen molar-refractivity contribution < 1.29 is 9.59 Å². The molecule has 1 aromatic rings. The van der Waals surface area contributed by atoms with E-state index in [0.717, 1.165) is 11.1 Å². The fourth-order valence-corrected chi connectivity index (χ4v) is 1.76. The molecule has 0 aliphatic carbocycles. The summed E-state index contributed by atoms with van der Waals surface area (Å²) >= 11 is 0. The maximum Gasteiger partial charge on any atom is 0.220 e. The van der Waals surface area contributed by atoms with E-state index in [1.165, 1.54) is 0 Å². The second-order valence-electron chi connectivity index (χ2n) is 5.59. The molecule has 0 spiro atoms. The third-order valence-corrected chi connectivity index (χ3v) is 2.85. The maximum atomic E-state index is 11.8. The molecular weight excluding hydrogens is 238 g/mol. The lowest BCUT2D eigenvalue weighted by atomic mass is 10.00. The Morgan fingerprint density at radius 3 is 2.11 bits per heavy atom. The number of ketones is 1. The highest BCUT2D eigenvalue weighted by atomic mass is 16.1. The van der Waals surface area contributed by atoms with Crippen molar-refractivity contribution in [3.63, 3.8) is 0 Å². The molecule has 1 aromatic carbocycles. The second-order valence-corrected chi connectivity index (χ2v) is 5.59. The van der Waals surface area contributed by atoms with Gasteiger partial charge in [-0.05, 0) is 11.5 Å². The zero-order chi connectivity index (χ0) is 14.4. The molecule has 3 heteroatoms. The van der Waals surface area contributed by atoms with Gasteiger partial charge in [0.25, 0.3) is 0 Å². The standard InChI is InChI=1S/C16H23NO2/c1-11(2)9-15(18)17-10-13-5-7-14(8-6-13)16(19)12(3)4/h5-8,11-12H,9-10H2,1-4H3,(H,17,18). The normalized spacial score (nSPS) is 10.8. The molecular formula is C16H23NO2. The lowest BCUT2D eigenvalue weighted by Crippen LogP contribution is -2.23. The quantitative estimate of drug-likeness (QED) is 0.799. The summed E-state index contributed by atoms with van der Waals surface area (Å²) in [7, 11) is 0. The highest BCUT2D eigenvalue weighted by Gasteiger charge is 2.10. The van der Waals surface area contributed by atoms with Crippen LogP contribution in [0.4, 0.5) is 0 Å². The molecule has 0 aliphatic rings. The first-order valence-electron chi connectivity index (χ1n) is 6.80. The van der Waals surface area contributed by atoms with Crippen LogP contribution in [0.15, 0.2) is 24.3 Å². The van der Waals surface area contributed by atoms with E-state index < -0.39 is 0 Å². The number of amides is 1. The Morgan fingerprint density at radius 2 is 1.63 bits per heavy atom. The lowest BCUT2D eigenvalue weighted by molar-refractivity contribution is -0.121. The molecule has 0 heterocycles. The van der Waals surface area contributed by atoms with Crippen LogP contribution in [0, 0.1) is 11.8 Å². The molecule has 3 nitrogen and oxygen atoms in total. The van der Waals surface area contributed by atoms with Crippen molar-refractivity contribution in [2.24, 2.45) is 11.8 Å². The number of hydrogen-bond acceptors (Lipinski definition) is 2. The summed E-state index contributed by atoms with van der Waals surface area (Å²) in [4.78, 5) is 23.3. The van der Waals surface area contributed by atoms with Crippen LogP contribution in [0.1, 0.15) is 50.0 Å². The van der Waals surface area contributed by atoms with Gasteiger partial charge in [0.1, 0.15) is 0 Å². The zero-order valence-corrected chi connectivity index (χ0v) is 12.2. The average Bonchev–Trinajstić information content (AvgIpc) is 2.35. The Balaban J connectivity index is 2.53. The number of carbonyl (C=O) groups is 2. The summed E-state index contributed by atoms with van der Waals surface area (Å²) in [6.07, 6.45) is 0.546. The Hall–Kier alpha value is -1.64. The molecule has 0 bridgehead atoms. The fourth-order valence-electron chi connectivity index (χ4n) is 1.76. The van der Waals surface area contributed by atoms with Crippen LogP contribution in [0.2, 0.25) is 0 Å². The van der Waals surface area contributed by atoms with Gasteiger partial charge in [0.05, 0.1) is 0 Å². The van der Waals surface area contributed by atoms with Crippen LogP contribution >= 0.6 is 0 Å². The smallest absolute Gasteiger partial charge is 0.220 e. The number of nitrogens with one attached hydrogen (secondary N) is 1. The average molecular weight is 261 g/mol. The summed E-state index contributed by atoms with van der Waals surface area (Å²) in [5.74, 6) is 0.593. The second kappa shape index (κ2) is 7.07. The predicted molar refractivity (Wildman–Crippen MR) is 76.9 cm³/mol. The molecule has 0 fully saturated rings. The molecule has 0 saturated carbocycles. The van der Waals surface area contributed by atoms with E-state index in [1.54, 1.807) is 0 Å². The van der Waals surface area contributed by atoms with E-state index >= 15 is 0 Å². The van der Waals surface area contributed by atoms with Gasteiger partial charge in [-0.2, -0.15) is 0 Å². The number of carbonyl (C=O) groups excluding carboxylic acids is 2. The van der Waals surface area contributed by atoms with Crippen LogP contribution in [-0.4, -0.2) is 11.7 Å². The summed E-state index contributed by atoms with van der Waals surface area (Å²) in [6.45, 7) is 8.34. The molecule has 0 aromatic heterocycles. The molecule has 0 unspecified atom stereocenters. The van der Waals surface area contributed by atoms with Crippen molar-refractivity contribution in [1.82, 2.24) is 5.32 Å². The van der Waals surface area contributed by atoms with Gasteiger partial charge in [0, 0.05) is 24.4 Å². The summed E-state index contributed by atoms with van der Waals surface area (Å²) in [5, 5.41) is 2.88. The first-order valence-corrected chi connectivity index (χ1v) is 6.80. The van der Waals surface area contributed by atoms with Gasteiger partial charge < -0.3 is 5.32 Å². The van der Waals surface area contributed by atoms with Gasteiger partial charge in [-0.3, -0.25) is 9.59 Å². The van der Waals surface area contributed by atoms with Crippen LogP contribution in [-0.2, 0) is 11.3 Å². The van der Waals surface area contributed by atoms with E-state index in [4.69, 9.17) is 0 Å². The van der Waals surface area contributed by atoms with Gasteiger partial charge in [0.15, 0.2) is 5.78 Å². The highest BCUT2D eigenvalue weighted by molar-refractivity contribution is 5.97. The summed E-state index contributed by atoms with van der Waals surface area (Å²) in [6, 6.07) is 7.44. The van der Waals surface area contributed by atoms with Crippen LogP contribution in [0.25, 0.3) is 0 Å². The Kier molecular flexibility index (Phi) is 5.74. The van der Waals surface area contributed by atoms with E-state index in [9.17, 15) is 9.59 Å². The van der Waals surface area contributed by atoms with Crippen molar-refractivity contribution in [2.45, 2.75) is 40.7 Å². The van der Waals surface area contributed by atoms with Crippen molar-refractivity contribution in [3.05, 3.63) is 35.4 Å². The third kappa shape index (κ3) is 5.25. The van der Waals surface area contributed by atoms with Gasteiger partial charge in [-0.25, -0.2) is 0 Å². The topological polar surface area (TPSA) is 46.2 Å². The monoisotopic (exact) mass is 261 g/mol. The molecule has 1 amide bonds. The first kappa shape index (κ1) is 15.4. The molecule has 19 heavy (non-hydrogen) atoms. The SMILES string of the molecule is CC(C)CC(=O)NCc1ccc(C(=O)C(C)C)cc1. The summed E-state index contributed by atoms with van der Waals surface area (Å²) in [5.41, 5.74) is 1.74. The molecule has 104 valence electrons. The van der Waals surface area contributed by atoms with Gasteiger partial charge in [-0.15, -0.1) is 0 Å². The maximum absolute atomic E-state index is 11.8. The van der Waals surface area contributed by atoms with E-state index in [1.807, 2.05) is 52.0 Å². The molecule has 0 radical (unpaired) electrons. The highest BCUT2D eigenvalue weighted by Crippen LogP contribution is 2.10. The minimum absolute atomic E-state index is 0.0107. The third-order valence-electron chi connectivity index (χ3n) is 2.85. The molecule has 1 N–H and O–H groups in total. The summed E-state index contributed by atoms with van der Waals surface area (Å²) < 4.78 is 0.